The minimum absolute atomic E-state index is 0.0159. The Balaban J connectivity index is 1.29. The first-order valence-corrected chi connectivity index (χ1v) is 15.5. The number of fused-ring (bicyclic) bond motifs is 2. The van der Waals surface area contributed by atoms with Gasteiger partial charge in [0.15, 0.2) is 5.78 Å². The van der Waals surface area contributed by atoms with Crippen LogP contribution < -0.4 is 0 Å². The maximum atomic E-state index is 12.7. The summed E-state index contributed by atoms with van der Waals surface area (Å²) in [6.07, 6.45) is 0. The van der Waals surface area contributed by atoms with Crippen molar-refractivity contribution in [2.24, 2.45) is 0 Å². The standard InChI is InChI=1S/C42H28N4O/c1-27(47)33-19-11-12-20-34(33)42-41(30-17-9-4-10-18-30)44-36-24-22-32(26-38(36)46-42)31-21-23-35-37(25-31)45-40(29-15-7-3-8-16-29)39(43-35)28-13-5-2-6-14-28/h2-26H,1H3. The Kier molecular flexibility index (Phi) is 7.12. The van der Waals surface area contributed by atoms with Crippen LogP contribution in [0.25, 0.3) is 78.2 Å². The van der Waals surface area contributed by atoms with Gasteiger partial charge in [0.1, 0.15) is 0 Å². The van der Waals surface area contributed by atoms with Crippen LogP contribution in [-0.4, -0.2) is 25.7 Å². The third kappa shape index (κ3) is 5.34. The summed E-state index contributed by atoms with van der Waals surface area (Å²) in [5.41, 5.74) is 12.6. The lowest BCUT2D eigenvalue weighted by molar-refractivity contribution is 0.101. The molecule has 0 N–H and O–H groups in total. The quantitative estimate of drug-likeness (QED) is 0.177. The van der Waals surface area contributed by atoms with Gasteiger partial charge in [0, 0.05) is 27.8 Å². The second-order valence-corrected chi connectivity index (χ2v) is 11.4. The van der Waals surface area contributed by atoms with Gasteiger partial charge in [-0.2, -0.15) is 0 Å². The van der Waals surface area contributed by atoms with Crippen LogP contribution in [0.4, 0.5) is 0 Å². The molecule has 0 bridgehead atoms. The maximum Gasteiger partial charge on any atom is 0.160 e. The van der Waals surface area contributed by atoms with E-state index in [0.29, 0.717) is 11.3 Å². The van der Waals surface area contributed by atoms with Crippen LogP contribution in [-0.2, 0) is 0 Å². The molecule has 0 aliphatic rings. The number of carbonyl (C=O) groups is 1. The molecule has 47 heavy (non-hydrogen) atoms. The molecular formula is C42H28N4O. The van der Waals surface area contributed by atoms with Crippen LogP contribution in [0, 0.1) is 0 Å². The summed E-state index contributed by atoms with van der Waals surface area (Å²) in [4.78, 5) is 33.2. The molecule has 2 aromatic heterocycles. The van der Waals surface area contributed by atoms with Crippen LogP contribution >= 0.6 is 0 Å². The molecule has 0 radical (unpaired) electrons. The molecular weight excluding hydrogens is 576 g/mol. The fourth-order valence-electron chi connectivity index (χ4n) is 6.04. The van der Waals surface area contributed by atoms with Gasteiger partial charge in [-0.3, -0.25) is 4.79 Å². The summed E-state index contributed by atoms with van der Waals surface area (Å²) in [6.45, 7) is 1.59. The van der Waals surface area contributed by atoms with Crippen molar-refractivity contribution >= 4 is 27.9 Å². The normalized spacial score (nSPS) is 11.2. The minimum atomic E-state index is -0.0159. The summed E-state index contributed by atoms with van der Waals surface area (Å²) in [5, 5.41) is 0. The largest absolute Gasteiger partial charge is 0.294 e. The molecule has 0 spiro atoms. The van der Waals surface area contributed by atoms with E-state index in [1.54, 1.807) is 6.92 Å². The second-order valence-electron chi connectivity index (χ2n) is 11.4. The van der Waals surface area contributed by atoms with Gasteiger partial charge >= 0.3 is 0 Å². The van der Waals surface area contributed by atoms with Gasteiger partial charge in [0.05, 0.1) is 44.8 Å². The van der Waals surface area contributed by atoms with Crippen LogP contribution in [0.3, 0.4) is 0 Å². The monoisotopic (exact) mass is 604 g/mol. The molecule has 2 heterocycles. The van der Waals surface area contributed by atoms with E-state index in [1.807, 2.05) is 103 Å². The highest BCUT2D eigenvalue weighted by Gasteiger charge is 2.19. The van der Waals surface area contributed by atoms with Crippen molar-refractivity contribution in [2.45, 2.75) is 6.92 Å². The van der Waals surface area contributed by atoms with Crippen molar-refractivity contribution in [1.82, 2.24) is 19.9 Å². The van der Waals surface area contributed by atoms with Gasteiger partial charge < -0.3 is 0 Å². The molecule has 8 aromatic rings. The Morgan fingerprint density at radius 3 is 1.23 bits per heavy atom. The van der Waals surface area contributed by atoms with E-state index in [4.69, 9.17) is 19.9 Å². The molecule has 0 atom stereocenters. The van der Waals surface area contributed by atoms with Crippen molar-refractivity contribution in [1.29, 1.82) is 0 Å². The van der Waals surface area contributed by atoms with E-state index in [2.05, 4.69) is 48.5 Å². The summed E-state index contributed by atoms with van der Waals surface area (Å²) in [5.74, 6) is -0.0159. The van der Waals surface area contributed by atoms with Crippen molar-refractivity contribution in [3.8, 4) is 56.2 Å². The van der Waals surface area contributed by atoms with Crippen LogP contribution in [0.5, 0.6) is 0 Å². The lowest BCUT2D eigenvalue weighted by atomic mass is 9.97. The predicted molar refractivity (Wildman–Crippen MR) is 190 cm³/mol. The number of ketones is 1. The minimum Gasteiger partial charge on any atom is -0.294 e. The van der Waals surface area contributed by atoms with E-state index in [1.165, 1.54) is 0 Å². The van der Waals surface area contributed by atoms with Gasteiger partial charge in [0.2, 0.25) is 0 Å². The summed E-state index contributed by atoms with van der Waals surface area (Å²) in [6, 6.07) is 50.3. The fourth-order valence-corrected chi connectivity index (χ4v) is 6.04. The summed E-state index contributed by atoms with van der Waals surface area (Å²) >= 11 is 0. The zero-order valence-electron chi connectivity index (χ0n) is 25.6. The van der Waals surface area contributed by atoms with Crippen LogP contribution in [0.1, 0.15) is 17.3 Å². The molecule has 5 nitrogen and oxygen atoms in total. The Morgan fingerprint density at radius 2 is 0.766 bits per heavy atom. The summed E-state index contributed by atoms with van der Waals surface area (Å²) in [7, 11) is 0. The van der Waals surface area contributed by atoms with Crippen molar-refractivity contribution in [3.63, 3.8) is 0 Å². The Bertz CT molecular complexity index is 2420. The Morgan fingerprint density at radius 1 is 0.383 bits per heavy atom. The molecule has 0 aliphatic carbocycles. The van der Waals surface area contributed by atoms with Gasteiger partial charge in [-0.1, -0.05) is 127 Å². The zero-order chi connectivity index (χ0) is 31.7. The molecule has 6 aromatic carbocycles. The lowest BCUT2D eigenvalue weighted by Crippen LogP contribution is -2.01. The number of nitrogens with zero attached hydrogens (tertiary/aromatic N) is 4. The number of aromatic nitrogens is 4. The first-order chi connectivity index (χ1) is 23.1. The number of benzene rings is 6. The molecule has 0 aliphatic heterocycles. The van der Waals surface area contributed by atoms with Crippen LogP contribution in [0.2, 0.25) is 0 Å². The van der Waals surface area contributed by atoms with Crippen molar-refractivity contribution < 1.29 is 4.79 Å². The third-order valence-electron chi connectivity index (χ3n) is 8.36. The molecule has 0 unspecified atom stereocenters. The first-order valence-electron chi connectivity index (χ1n) is 15.5. The number of rotatable bonds is 6. The second kappa shape index (κ2) is 11.9. The van der Waals surface area contributed by atoms with Gasteiger partial charge in [-0.15, -0.1) is 0 Å². The smallest absolute Gasteiger partial charge is 0.160 e. The third-order valence-corrected chi connectivity index (χ3v) is 8.36. The number of Topliss-reactive ketones (excluding diaryl/α,β-unsaturated/α-hetero) is 1. The topological polar surface area (TPSA) is 68.6 Å². The highest BCUT2D eigenvalue weighted by atomic mass is 16.1. The van der Waals surface area contributed by atoms with Gasteiger partial charge in [0.25, 0.3) is 0 Å². The number of carbonyl (C=O) groups excluding carboxylic acids is 1. The predicted octanol–water partition coefficient (Wildman–Crippen LogP) is 10.1. The van der Waals surface area contributed by atoms with Gasteiger partial charge in [-0.05, 0) is 42.3 Å². The average molecular weight is 605 g/mol. The van der Waals surface area contributed by atoms with Crippen molar-refractivity contribution in [3.05, 3.63) is 157 Å². The number of hydrogen-bond acceptors (Lipinski definition) is 5. The molecule has 0 saturated heterocycles. The molecule has 0 saturated carbocycles. The molecule has 222 valence electrons. The Hall–Kier alpha value is -6.33. The first kappa shape index (κ1) is 28.2. The number of hydrogen-bond donors (Lipinski definition) is 0. The van der Waals surface area contributed by atoms with Crippen molar-refractivity contribution in [2.75, 3.05) is 0 Å². The zero-order valence-corrected chi connectivity index (χ0v) is 25.6. The lowest BCUT2D eigenvalue weighted by Gasteiger charge is -2.14. The maximum absolute atomic E-state index is 12.7. The van der Waals surface area contributed by atoms with Gasteiger partial charge in [-0.25, -0.2) is 19.9 Å². The molecule has 8 rings (SSSR count). The SMILES string of the molecule is CC(=O)c1ccccc1-c1nc2cc(-c3ccc4nc(-c5ccccc5)c(-c5ccccc5)nc4c3)ccc2nc1-c1ccccc1. The highest BCUT2D eigenvalue weighted by molar-refractivity contribution is 6.02. The molecule has 5 heteroatoms. The summed E-state index contributed by atoms with van der Waals surface area (Å²) < 4.78 is 0. The van der Waals surface area contributed by atoms with E-state index in [0.717, 1.165) is 72.5 Å². The molecule has 0 amide bonds. The highest BCUT2D eigenvalue weighted by Crippen LogP contribution is 2.36. The van der Waals surface area contributed by atoms with E-state index < -0.39 is 0 Å². The average Bonchev–Trinajstić information content (AvgIpc) is 3.14. The van der Waals surface area contributed by atoms with E-state index in [9.17, 15) is 4.79 Å². The van der Waals surface area contributed by atoms with E-state index >= 15 is 0 Å². The van der Waals surface area contributed by atoms with Crippen LogP contribution in [0.15, 0.2) is 152 Å². The van der Waals surface area contributed by atoms with E-state index in [-0.39, 0.29) is 5.78 Å². The Labute approximate surface area is 272 Å². The fraction of sp³-hybridized carbons (Fsp3) is 0.0238. The molecule has 0 fully saturated rings.